The minimum atomic E-state index is -0.0764. The van der Waals surface area contributed by atoms with Gasteiger partial charge in [0.15, 0.2) is 0 Å². The average molecular weight is 394 g/mol. The molecule has 3 aromatic heterocycles. The highest BCUT2D eigenvalue weighted by Crippen LogP contribution is 2.34. The van der Waals surface area contributed by atoms with Crippen molar-refractivity contribution in [1.82, 2.24) is 19.2 Å². The van der Waals surface area contributed by atoms with Crippen molar-refractivity contribution in [1.29, 1.82) is 0 Å². The average Bonchev–Trinajstić information content (AvgIpc) is 3.21. The molecule has 1 N–H and O–H groups in total. The van der Waals surface area contributed by atoms with Crippen LogP contribution in [0.4, 0.5) is 11.6 Å². The maximum atomic E-state index is 13.2. The van der Waals surface area contributed by atoms with Crippen molar-refractivity contribution in [3.63, 3.8) is 0 Å². The van der Waals surface area contributed by atoms with Crippen molar-refractivity contribution in [2.45, 2.75) is 52.0 Å². The van der Waals surface area contributed by atoms with Crippen LogP contribution in [0.5, 0.6) is 0 Å². The molecule has 0 saturated heterocycles. The number of anilines is 2. The van der Waals surface area contributed by atoms with Gasteiger partial charge in [-0.25, -0.2) is 4.98 Å². The molecule has 0 amide bonds. The Morgan fingerprint density at radius 1 is 1.11 bits per heavy atom. The summed E-state index contributed by atoms with van der Waals surface area (Å²) >= 11 is 1.59. The van der Waals surface area contributed by atoms with E-state index in [1.54, 1.807) is 11.3 Å². The molecule has 1 saturated carbocycles. The van der Waals surface area contributed by atoms with Crippen molar-refractivity contribution in [3.05, 3.63) is 51.1 Å². The first-order valence-corrected chi connectivity index (χ1v) is 10.7. The number of para-hydroxylation sites is 1. The summed E-state index contributed by atoms with van der Waals surface area (Å²) in [4.78, 5) is 20.1. The number of aryl methyl sites for hydroxylation is 2. The predicted octanol–water partition coefficient (Wildman–Crippen LogP) is 4.97. The smallest absolute Gasteiger partial charge is 0.284 e. The second kappa shape index (κ2) is 6.74. The number of hydrogen-bond donors (Lipinski definition) is 1. The Morgan fingerprint density at radius 3 is 2.61 bits per heavy atom. The Kier molecular flexibility index (Phi) is 4.19. The van der Waals surface area contributed by atoms with Crippen LogP contribution >= 0.6 is 11.3 Å². The lowest BCUT2D eigenvalue weighted by Crippen LogP contribution is -2.18. The van der Waals surface area contributed by atoms with Crippen LogP contribution in [-0.4, -0.2) is 19.2 Å². The first kappa shape index (κ1) is 17.4. The molecule has 144 valence electrons. The fraction of sp³-hybridized carbons (Fsp3) is 0.381. The van der Waals surface area contributed by atoms with Gasteiger partial charge in [-0.15, -0.1) is 16.4 Å². The van der Waals surface area contributed by atoms with Crippen molar-refractivity contribution in [3.8, 4) is 0 Å². The van der Waals surface area contributed by atoms with Gasteiger partial charge in [-0.1, -0.05) is 37.5 Å². The number of aromatic nitrogens is 4. The van der Waals surface area contributed by atoms with Crippen molar-refractivity contribution < 1.29 is 0 Å². The van der Waals surface area contributed by atoms with E-state index in [1.807, 2.05) is 44.2 Å². The van der Waals surface area contributed by atoms with E-state index in [4.69, 9.17) is 4.98 Å². The summed E-state index contributed by atoms with van der Waals surface area (Å²) < 4.78 is 3.64. The Balaban J connectivity index is 1.76. The lowest BCUT2D eigenvalue weighted by atomic mass is 9.95. The summed E-state index contributed by atoms with van der Waals surface area (Å²) in [6.45, 7) is 4.03. The van der Waals surface area contributed by atoms with Crippen LogP contribution in [-0.2, 0) is 0 Å². The first-order chi connectivity index (χ1) is 13.6. The molecule has 0 unspecified atom stereocenters. The van der Waals surface area contributed by atoms with Gasteiger partial charge in [0.2, 0.25) is 11.7 Å². The molecule has 0 bridgehead atoms. The van der Waals surface area contributed by atoms with E-state index in [0.717, 1.165) is 33.8 Å². The molecule has 28 heavy (non-hydrogen) atoms. The number of nitrogens with one attached hydrogen (secondary N) is 1. The van der Waals surface area contributed by atoms with Gasteiger partial charge in [0, 0.05) is 16.6 Å². The van der Waals surface area contributed by atoms with Gasteiger partial charge in [0.05, 0.1) is 5.39 Å². The van der Waals surface area contributed by atoms with Crippen LogP contribution in [0.1, 0.15) is 48.6 Å². The first-order valence-electron chi connectivity index (χ1n) is 9.86. The van der Waals surface area contributed by atoms with Crippen LogP contribution in [0.3, 0.4) is 0 Å². The number of thiophene rings is 1. The molecule has 6 nitrogen and oxygen atoms in total. The zero-order valence-electron chi connectivity index (χ0n) is 16.1. The molecule has 1 aliphatic carbocycles. The van der Waals surface area contributed by atoms with E-state index >= 15 is 0 Å². The summed E-state index contributed by atoms with van der Waals surface area (Å²) in [5.74, 6) is 1.33. The number of benzene rings is 1. The van der Waals surface area contributed by atoms with E-state index < -0.39 is 0 Å². The number of fused-ring (bicyclic) bond motifs is 2. The quantitative estimate of drug-likeness (QED) is 0.534. The molecular weight excluding hydrogens is 370 g/mol. The topological polar surface area (TPSA) is 64.2 Å². The van der Waals surface area contributed by atoms with Gasteiger partial charge in [-0.3, -0.25) is 9.36 Å². The highest BCUT2D eigenvalue weighted by Gasteiger charge is 2.25. The predicted molar refractivity (Wildman–Crippen MR) is 114 cm³/mol. The van der Waals surface area contributed by atoms with E-state index in [1.165, 1.54) is 23.8 Å². The zero-order valence-corrected chi connectivity index (χ0v) is 16.9. The van der Waals surface area contributed by atoms with Gasteiger partial charge in [-0.2, -0.15) is 4.52 Å². The lowest BCUT2D eigenvalue weighted by Gasteiger charge is -2.24. The molecular formula is C21H23N5OS. The highest BCUT2D eigenvalue weighted by atomic mass is 32.1. The largest absolute Gasteiger partial charge is 0.324 e. The Hall–Kier alpha value is -2.67. The lowest BCUT2D eigenvalue weighted by molar-refractivity contribution is 0.361. The van der Waals surface area contributed by atoms with Gasteiger partial charge < -0.3 is 5.32 Å². The third-order valence-electron chi connectivity index (χ3n) is 5.77. The fourth-order valence-corrected chi connectivity index (χ4v) is 5.18. The van der Waals surface area contributed by atoms with E-state index in [0.29, 0.717) is 23.2 Å². The Bertz CT molecular complexity index is 1210. The molecule has 3 heterocycles. The van der Waals surface area contributed by atoms with Gasteiger partial charge >= 0.3 is 0 Å². The molecule has 0 atom stereocenters. The maximum Gasteiger partial charge on any atom is 0.284 e. The normalized spacial score (nSPS) is 15.5. The molecule has 1 aromatic carbocycles. The number of nitrogens with zero attached hydrogens (tertiary/aromatic N) is 4. The summed E-state index contributed by atoms with van der Waals surface area (Å²) in [6.07, 6.45) is 5.84. The fourth-order valence-electron chi connectivity index (χ4n) is 4.17. The molecule has 0 radical (unpaired) electrons. The van der Waals surface area contributed by atoms with Crippen LogP contribution in [0.15, 0.2) is 35.1 Å². The Labute approximate surface area is 166 Å². The van der Waals surface area contributed by atoms with Gasteiger partial charge in [0.1, 0.15) is 4.83 Å². The van der Waals surface area contributed by atoms with Crippen LogP contribution in [0.25, 0.3) is 16.0 Å². The molecule has 1 fully saturated rings. The van der Waals surface area contributed by atoms with Crippen LogP contribution in [0, 0.1) is 13.8 Å². The van der Waals surface area contributed by atoms with Gasteiger partial charge in [-0.05, 0) is 44.4 Å². The third kappa shape index (κ3) is 2.73. The summed E-state index contributed by atoms with van der Waals surface area (Å²) in [5.41, 5.74) is 1.89. The second-order valence-corrected chi connectivity index (χ2v) is 8.77. The minimum absolute atomic E-state index is 0.0764. The summed E-state index contributed by atoms with van der Waals surface area (Å²) in [6, 6.07) is 10.3. The molecule has 4 aromatic rings. The molecule has 5 rings (SSSR count). The van der Waals surface area contributed by atoms with Crippen LogP contribution in [0.2, 0.25) is 0 Å². The van der Waals surface area contributed by atoms with Crippen molar-refractivity contribution >= 4 is 39.0 Å². The highest BCUT2D eigenvalue weighted by molar-refractivity contribution is 7.18. The van der Waals surface area contributed by atoms with Gasteiger partial charge in [0.25, 0.3) is 5.56 Å². The minimum Gasteiger partial charge on any atom is -0.324 e. The third-order valence-corrected chi connectivity index (χ3v) is 6.87. The van der Waals surface area contributed by atoms with Crippen molar-refractivity contribution in [2.24, 2.45) is 0 Å². The van der Waals surface area contributed by atoms with E-state index in [-0.39, 0.29) is 5.56 Å². The molecule has 7 heteroatoms. The maximum absolute atomic E-state index is 13.2. The van der Waals surface area contributed by atoms with E-state index in [2.05, 4.69) is 15.0 Å². The second-order valence-electron chi connectivity index (χ2n) is 7.57. The van der Waals surface area contributed by atoms with Crippen LogP contribution < -0.4 is 10.9 Å². The summed E-state index contributed by atoms with van der Waals surface area (Å²) in [5, 5.41) is 8.79. The standard InChI is InChI=1S/C21H23N5OS/c1-13-14(2)28-18-17(13)19(27)26-21(23-18)25(16-11-7-4-8-12-16)20(24-26)22-15-9-5-3-6-10-15/h3,5-6,9-10,16H,4,7-8,11-12H2,1-2H3,(H,22,24). The van der Waals surface area contributed by atoms with Crippen molar-refractivity contribution in [2.75, 3.05) is 5.32 Å². The molecule has 0 spiro atoms. The molecule has 0 aliphatic heterocycles. The van der Waals surface area contributed by atoms with E-state index in [9.17, 15) is 4.79 Å². The molecule has 1 aliphatic rings. The monoisotopic (exact) mass is 393 g/mol. The SMILES string of the molecule is Cc1sc2nc3n(C4CCCCC4)c(Nc4ccccc4)nn3c(=O)c2c1C. The Morgan fingerprint density at radius 2 is 1.86 bits per heavy atom. The summed E-state index contributed by atoms with van der Waals surface area (Å²) in [7, 11) is 0. The number of rotatable bonds is 3. The zero-order chi connectivity index (χ0) is 19.3. The number of hydrogen-bond acceptors (Lipinski definition) is 5.